The highest BCUT2D eigenvalue weighted by molar-refractivity contribution is 7.18. The molecular formula is C17H17NO5S2. The third kappa shape index (κ3) is 4.55. The molecule has 0 aliphatic carbocycles. The van der Waals surface area contributed by atoms with Crippen molar-refractivity contribution in [2.75, 3.05) is 19.0 Å². The molecule has 132 valence electrons. The Bertz CT molecular complexity index is 805. The van der Waals surface area contributed by atoms with Crippen molar-refractivity contribution in [3.05, 3.63) is 44.5 Å². The van der Waals surface area contributed by atoms with E-state index < -0.39 is 17.8 Å². The molecule has 0 saturated heterocycles. The van der Waals surface area contributed by atoms with Crippen molar-refractivity contribution in [3.8, 4) is 0 Å². The molecule has 0 fully saturated rings. The molecule has 0 aliphatic heterocycles. The van der Waals surface area contributed by atoms with Crippen LogP contribution in [0, 0.1) is 6.92 Å². The second-order valence-electron chi connectivity index (χ2n) is 4.81. The van der Waals surface area contributed by atoms with E-state index in [0.717, 1.165) is 16.2 Å². The Kier molecular flexibility index (Phi) is 6.49. The van der Waals surface area contributed by atoms with Gasteiger partial charge in [0.25, 0.3) is 0 Å². The van der Waals surface area contributed by atoms with Gasteiger partial charge in [0.05, 0.1) is 19.3 Å². The molecule has 1 amide bonds. The molecule has 2 rings (SSSR count). The van der Waals surface area contributed by atoms with E-state index in [1.165, 1.54) is 24.5 Å². The summed E-state index contributed by atoms with van der Waals surface area (Å²) < 4.78 is 9.75. The van der Waals surface area contributed by atoms with E-state index in [1.54, 1.807) is 19.9 Å². The molecule has 0 radical (unpaired) electrons. The Morgan fingerprint density at radius 1 is 1.28 bits per heavy atom. The number of ether oxygens (including phenoxy) is 2. The normalized spacial score (nSPS) is 10.7. The maximum Gasteiger partial charge on any atom is 0.348 e. The number of esters is 2. The standard InChI is InChI=1S/C17H17NO5S2/c1-4-23-16(20)13-10(2)14(17(21)22-3)25-15(13)18-12(19)8-7-11-6-5-9-24-11/h5-9H,4H2,1-3H3,(H,18,19). The number of hydrogen-bond donors (Lipinski definition) is 1. The molecule has 8 heteroatoms. The van der Waals surface area contributed by atoms with E-state index in [9.17, 15) is 14.4 Å². The van der Waals surface area contributed by atoms with Crippen molar-refractivity contribution in [2.24, 2.45) is 0 Å². The predicted molar refractivity (Wildman–Crippen MR) is 98.3 cm³/mol. The molecule has 0 spiro atoms. The molecule has 0 saturated carbocycles. The number of thiophene rings is 2. The number of carbonyl (C=O) groups is 3. The van der Waals surface area contributed by atoms with Crippen LogP contribution in [0.4, 0.5) is 5.00 Å². The van der Waals surface area contributed by atoms with Crippen LogP contribution >= 0.6 is 22.7 Å². The van der Waals surface area contributed by atoms with E-state index in [4.69, 9.17) is 9.47 Å². The van der Waals surface area contributed by atoms with Gasteiger partial charge < -0.3 is 14.8 Å². The van der Waals surface area contributed by atoms with Gasteiger partial charge in [-0.25, -0.2) is 9.59 Å². The van der Waals surface area contributed by atoms with Gasteiger partial charge in [0.2, 0.25) is 5.91 Å². The molecule has 0 aromatic carbocycles. The Balaban J connectivity index is 2.30. The monoisotopic (exact) mass is 379 g/mol. The summed E-state index contributed by atoms with van der Waals surface area (Å²) in [6.07, 6.45) is 3.04. The van der Waals surface area contributed by atoms with Gasteiger partial charge in [0.15, 0.2) is 0 Å². The zero-order valence-corrected chi connectivity index (χ0v) is 15.6. The van der Waals surface area contributed by atoms with Gasteiger partial charge in [-0.15, -0.1) is 22.7 Å². The minimum absolute atomic E-state index is 0.171. The molecular weight excluding hydrogens is 362 g/mol. The first-order valence-corrected chi connectivity index (χ1v) is 9.08. The van der Waals surface area contributed by atoms with Gasteiger partial charge in [-0.3, -0.25) is 4.79 Å². The van der Waals surface area contributed by atoms with Crippen molar-refractivity contribution in [1.29, 1.82) is 0 Å². The van der Waals surface area contributed by atoms with Gasteiger partial charge in [-0.2, -0.15) is 0 Å². The maximum absolute atomic E-state index is 12.2. The highest BCUT2D eigenvalue weighted by Gasteiger charge is 2.26. The molecule has 2 aromatic rings. The summed E-state index contributed by atoms with van der Waals surface area (Å²) in [6.45, 7) is 3.49. The third-order valence-corrected chi connectivity index (χ3v) is 5.20. The van der Waals surface area contributed by atoms with Crippen LogP contribution in [-0.2, 0) is 14.3 Å². The Morgan fingerprint density at radius 2 is 2.04 bits per heavy atom. The molecule has 0 atom stereocenters. The van der Waals surface area contributed by atoms with Crippen molar-refractivity contribution in [1.82, 2.24) is 0 Å². The van der Waals surface area contributed by atoms with Gasteiger partial charge in [0.1, 0.15) is 9.88 Å². The topological polar surface area (TPSA) is 81.7 Å². The fourth-order valence-electron chi connectivity index (χ4n) is 2.04. The van der Waals surface area contributed by atoms with E-state index >= 15 is 0 Å². The lowest BCUT2D eigenvalue weighted by Crippen LogP contribution is -2.12. The fourth-order valence-corrected chi connectivity index (χ4v) is 3.77. The first-order valence-electron chi connectivity index (χ1n) is 7.39. The van der Waals surface area contributed by atoms with E-state index in [0.29, 0.717) is 5.56 Å². The second-order valence-corrected chi connectivity index (χ2v) is 6.81. The van der Waals surface area contributed by atoms with Crippen LogP contribution < -0.4 is 5.32 Å². The molecule has 6 nitrogen and oxygen atoms in total. The molecule has 1 N–H and O–H groups in total. The van der Waals surface area contributed by atoms with Crippen LogP contribution in [0.1, 0.15) is 37.4 Å². The Hall–Kier alpha value is -2.45. The van der Waals surface area contributed by atoms with E-state index in [-0.39, 0.29) is 22.0 Å². The van der Waals surface area contributed by atoms with Gasteiger partial charge >= 0.3 is 11.9 Å². The molecule has 2 heterocycles. The average molecular weight is 379 g/mol. The number of anilines is 1. The molecule has 0 bridgehead atoms. The number of methoxy groups -OCH3 is 1. The number of hydrogen-bond acceptors (Lipinski definition) is 7. The zero-order valence-electron chi connectivity index (χ0n) is 14.0. The third-order valence-electron chi connectivity index (χ3n) is 3.18. The fraction of sp³-hybridized carbons (Fsp3) is 0.235. The Morgan fingerprint density at radius 3 is 2.64 bits per heavy atom. The van der Waals surface area contributed by atoms with Crippen LogP contribution in [0.25, 0.3) is 6.08 Å². The molecule has 0 aliphatic rings. The summed E-state index contributed by atoms with van der Waals surface area (Å²) in [5, 5.41) is 4.81. The summed E-state index contributed by atoms with van der Waals surface area (Å²) in [7, 11) is 1.26. The lowest BCUT2D eigenvalue weighted by Gasteiger charge is -2.05. The largest absolute Gasteiger partial charge is 0.465 e. The predicted octanol–water partition coefficient (Wildman–Crippen LogP) is 3.73. The second kappa shape index (κ2) is 8.59. The highest BCUT2D eigenvalue weighted by Crippen LogP contribution is 2.34. The summed E-state index contributed by atoms with van der Waals surface area (Å²) in [6, 6.07) is 3.76. The summed E-state index contributed by atoms with van der Waals surface area (Å²) in [5.41, 5.74) is 0.595. The quantitative estimate of drug-likeness (QED) is 0.611. The minimum atomic E-state index is -0.594. The number of amides is 1. The first kappa shape index (κ1) is 18.9. The number of carbonyl (C=O) groups excluding carboxylic acids is 3. The Labute approximate surface area is 153 Å². The van der Waals surface area contributed by atoms with Crippen LogP contribution in [0.2, 0.25) is 0 Å². The van der Waals surface area contributed by atoms with Gasteiger partial charge in [-0.05, 0) is 36.9 Å². The van der Waals surface area contributed by atoms with E-state index in [2.05, 4.69) is 5.32 Å². The minimum Gasteiger partial charge on any atom is -0.465 e. The molecule has 0 unspecified atom stereocenters. The maximum atomic E-state index is 12.2. The zero-order chi connectivity index (χ0) is 18.4. The van der Waals surface area contributed by atoms with E-state index in [1.807, 2.05) is 17.5 Å². The van der Waals surface area contributed by atoms with Crippen LogP contribution in [0.15, 0.2) is 23.6 Å². The summed E-state index contributed by atoms with van der Waals surface area (Å²) >= 11 is 2.49. The van der Waals surface area contributed by atoms with Crippen LogP contribution in [-0.4, -0.2) is 31.6 Å². The number of nitrogens with one attached hydrogen (secondary N) is 1. The van der Waals surface area contributed by atoms with Crippen LogP contribution in [0.3, 0.4) is 0 Å². The SMILES string of the molecule is CCOC(=O)c1c(NC(=O)C=Cc2cccs2)sc(C(=O)OC)c1C. The molecule has 25 heavy (non-hydrogen) atoms. The van der Waals surface area contributed by atoms with Crippen molar-refractivity contribution < 1.29 is 23.9 Å². The molecule has 2 aromatic heterocycles. The van der Waals surface area contributed by atoms with Crippen molar-refractivity contribution in [2.45, 2.75) is 13.8 Å². The van der Waals surface area contributed by atoms with Crippen molar-refractivity contribution >= 4 is 51.6 Å². The van der Waals surface area contributed by atoms with Crippen LogP contribution in [0.5, 0.6) is 0 Å². The average Bonchev–Trinajstić information content (AvgIpc) is 3.20. The first-order chi connectivity index (χ1) is 12.0. The summed E-state index contributed by atoms with van der Waals surface area (Å²) in [5.74, 6) is -1.57. The highest BCUT2D eigenvalue weighted by atomic mass is 32.1. The smallest absolute Gasteiger partial charge is 0.348 e. The van der Waals surface area contributed by atoms with Crippen molar-refractivity contribution in [3.63, 3.8) is 0 Å². The lowest BCUT2D eigenvalue weighted by atomic mass is 10.1. The summed E-state index contributed by atoms with van der Waals surface area (Å²) in [4.78, 5) is 37.4. The van der Waals surface area contributed by atoms with Gasteiger partial charge in [0, 0.05) is 11.0 Å². The number of rotatable bonds is 6. The lowest BCUT2D eigenvalue weighted by molar-refractivity contribution is -0.111. The van der Waals surface area contributed by atoms with Gasteiger partial charge in [-0.1, -0.05) is 6.07 Å².